The van der Waals surface area contributed by atoms with E-state index in [1.165, 1.54) is 0 Å². The molecule has 2 aromatic carbocycles. The van der Waals surface area contributed by atoms with Gasteiger partial charge in [-0.05, 0) is 60.7 Å². The predicted octanol–water partition coefficient (Wildman–Crippen LogP) is 4.85. The van der Waals surface area contributed by atoms with Gasteiger partial charge in [-0.25, -0.2) is 0 Å². The molecule has 0 radical (unpaired) electrons. The third-order valence-corrected chi connectivity index (χ3v) is 3.71. The van der Waals surface area contributed by atoms with Gasteiger partial charge >= 0.3 is 0 Å². The molecule has 0 bridgehead atoms. The first-order valence-electron chi connectivity index (χ1n) is 6.23. The van der Waals surface area contributed by atoms with Crippen molar-refractivity contribution in [1.29, 1.82) is 0 Å². The SMILES string of the molecule is Cc1cc(Cl)cc(C(N)Cc2ccc(C)cc2Cl)c1. The van der Waals surface area contributed by atoms with Crippen LogP contribution in [0.15, 0.2) is 36.4 Å². The van der Waals surface area contributed by atoms with Gasteiger partial charge in [0.05, 0.1) is 0 Å². The standard InChI is InChI=1S/C16H17Cl2N/c1-10-3-4-12(15(18)7-10)9-16(19)13-5-11(2)6-14(17)8-13/h3-8,16H,9,19H2,1-2H3. The van der Waals surface area contributed by atoms with E-state index in [2.05, 4.69) is 12.1 Å². The highest BCUT2D eigenvalue weighted by Gasteiger charge is 2.11. The van der Waals surface area contributed by atoms with Gasteiger partial charge in [0.25, 0.3) is 0 Å². The summed E-state index contributed by atoms with van der Waals surface area (Å²) in [6, 6.07) is 11.9. The fraction of sp³-hybridized carbons (Fsp3) is 0.250. The smallest absolute Gasteiger partial charge is 0.0441 e. The molecule has 2 rings (SSSR count). The van der Waals surface area contributed by atoms with E-state index in [-0.39, 0.29) is 6.04 Å². The number of hydrogen-bond donors (Lipinski definition) is 1. The maximum Gasteiger partial charge on any atom is 0.0441 e. The lowest BCUT2D eigenvalue weighted by atomic mass is 9.98. The lowest BCUT2D eigenvalue weighted by Gasteiger charge is -2.14. The van der Waals surface area contributed by atoms with Gasteiger partial charge in [-0.3, -0.25) is 0 Å². The van der Waals surface area contributed by atoms with Crippen LogP contribution in [0.3, 0.4) is 0 Å². The van der Waals surface area contributed by atoms with Crippen molar-refractivity contribution in [1.82, 2.24) is 0 Å². The fourth-order valence-electron chi connectivity index (χ4n) is 2.15. The first-order valence-corrected chi connectivity index (χ1v) is 6.99. The van der Waals surface area contributed by atoms with E-state index in [0.717, 1.165) is 32.3 Å². The highest BCUT2D eigenvalue weighted by atomic mass is 35.5. The Labute approximate surface area is 124 Å². The lowest BCUT2D eigenvalue weighted by molar-refractivity contribution is 0.721. The highest BCUT2D eigenvalue weighted by molar-refractivity contribution is 6.31. The molecule has 19 heavy (non-hydrogen) atoms. The third kappa shape index (κ3) is 3.73. The van der Waals surface area contributed by atoms with Crippen LogP contribution in [0.2, 0.25) is 10.0 Å². The summed E-state index contributed by atoms with van der Waals surface area (Å²) in [5.41, 5.74) is 10.6. The monoisotopic (exact) mass is 293 g/mol. The topological polar surface area (TPSA) is 26.0 Å². The van der Waals surface area contributed by atoms with Crippen LogP contribution in [-0.2, 0) is 6.42 Å². The fourth-order valence-corrected chi connectivity index (χ4v) is 2.76. The van der Waals surface area contributed by atoms with Crippen LogP contribution >= 0.6 is 23.2 Å². The van der Waals surface area contributed by atoms with E-state index in [1.54, 1.807) is 0 Å². The molecule has 0 aliphatic carbocycles. The summed E-state index contributed by atoms with van der Waals surface area (Å²) in [5.74, 6) is 0. The summed E-state index contributed by atoms with van der Waals surface area (Å²) in [6.45, 7) is 4.04. The van der Waals surface area contributed by atoms with Gasteiger partial charge in [0.1, 0.15) is 0 Å². The second-order valence-corrected chi connectivity index (χ2v) is 5.81. The van der Waals surface area contributed by atoms with Gasteiger partial charge < -0.3 is 5.73 Å². The predicted molar refractivity (Wildman–Crippen MR) is 83.0 cm³/mol. The van der Waals surface area contributed by atoms with Crippen molar-refractivity contribution in [3.05, 3.63) is 68.7 Å². The zero-order valence-electron chi connectivity index (χ0n) is 11.1. The van der Waals surface area contributed by atoms with E-state index in [4.69, 9.17) is 28.9 Å². The van der Waals surface area contributed by atoms with E-state index < -0.39 is 0 Å². The van der Waals surface area contributed by atoms with Crippen LogP contribution in [0.5, 0.6) is 0 Å². The molecule has 0 aliphatic rings. The molecule has 1 nitrogen and oxygen atoms in total. The Hall–Kier alpha value is -1.02. The number of rotatable bonds is 3. The van der Waals surface area contributed by atoms with Crippen molar-refractivity contribution >= 4 is 23.2 Å². The summed E-state index contributed by atoms with van der Waals surface area (Å²) >= 11 is 12.3. The lowest BCUT2D eigenvalue weighted by Crippen LogP contribution is -2.13. The van der Waals surface area contributed by atoms with Crippen molar-refractivity contribution in [2.45, 2.75) is 26.3 Å². The molecule has 0 fully saturated rings. The molecule has 1 atom stereocenters. The van der Waals surface area contributed by atoms with Crippen LogP contribution < -0.4 is 5.73 Å². The quantitative estimate of drug-likeness (QED) is 0.860. The molecule has 1 unspecified atom stereocenters. The van der Waals surface area contributed by atoms with E-state index >= 15 is 0 Å². The normalized spacial score (nSPS) is 12.5. The summed E-state index contributed by atoms with van der Waals surface area (Å²) < 4.78 is 0. The van der Waals surface area contributed by atoms with Crippen LogP contribution in [0, 0.1) is 13.8 Å². The number of aryl methyl sites for hydroxylation is 2. The van der Waals surface area contributed by atoms with E-state index in [0.29, 0.717) is 6.42 Å². The maximum absolute atomic E-state index is 6.25. The molecule has 0 aliphatic heterocycles. The summed E-state index contributed by atoms with van der Waals surface area (Å²) in [4.78, 5) is 0. The Bertz CT molecular complexity index is 573. The summed E-state index contributed by atoms with van der Waals surface area (Å²) in [7, 11) is 0. The Kier molecular flexibility index (Phi) is 4.51. The Balaban J connectivity index is 2.22. The second kappa shape index (κ2) is 5.96. The van der Waals surface area contributed by atoms with Crippen LogP contribution in [0.25, 0.3) is 0 Å². The molecule has 2 N–H and O–H groups in total. The average molecular weight is 294 g/mol. The Morgan fingerprint density at radius 2 is 1.74 bits per heavy atom. The first kappa shape index (κ1) is 14.4. The Morgan fingerprint density at radius 1 is 1.00 bits per heavy atom. The molecule has 100 valence electrons. The molecular formula is C16H17Cl2N. The number of halogens is 2. The summed E-state index contributed by atoms with van der Waals surface area (Å²) in [6.07, 6.45) is 0.707. The minimum Gasteiger partial charge on any atom is -0.324 e. The summed E-state index contributed by atoms with van der Waals surface area (Å²) in [5, 5.41) is 1.50. The van der Waals surface area contributed by atoms with Crippen LogP contribution in [0.1, 0.15) is 28.3 Å². The highest BCUT2D eigenvalue weighted by Crippen LogP contribution is 2.25. The zero-order chi connectivity index (χ0) is 14.0. The van der Waals surface area contributed by atoms with Crippen molar-refractivity contribution in [3.63, 3.8) is 0 Å². The van der Waals surface area contributed by atoms with Crippen LogP contribution in [0.4, 0.5) is 0 Å². The van der Waals surface area contributed by atoms with Crippen molar-refractivity contribution in [3.8, 4) is 0 Å². The van der Waals surface area contributed by atoms with Gasteiger partial charge in [-0.15, -0.1) is 0 Å². The largest absolute Gasteiger partial charge is 0.324 e. The molecule has 0 heterocycles. The van der Waals surface area contributed by atoms with Crippen molar-refractivity contribution < 1.29 is 0 Å². The molecule has 3 heteroatoms. The molecule has 0 aromatic heterocycles. The van der Waals surface area contributed by atoms with Crippen molar-refractivity contribution in [2.75, 3.05) is 0 Å². The number of benzene rings is 2. The van der Waals surface area contributed by atoms with E-state index in [9.17, 15) is 0 Å². The van der Waals surface area contributed by atoms with Gasteiger partial charge in [0, 0.05) is 16.1 Å². The maximum atomic E-state index is 6.25. The van der Waals surface area contributed by atoms with Crippen LogP contribution in [-0.4, -0.2) is 0 Å². The molecular weight excluding hydrogens is 277 g/mol. The van der Waals surface area contributed by atoms with Gasteiger partial charge in [0.15, 0.2) is 0 Å². The molecule has 0 spiro atoms. The van der Waals surface area contributed by atoms with Gasteiger partial charge in [-0.2, -0.15) is 0 Å². The molecule has 2 aromatic rings. The Morgan fingerprint density at radius 3 is 2.37 bits per heavy atom. The minimum atomic E-state index is -0.0994. The van der Waals surface area contributed by atoms with Gasteiger partial charge in [-0.1, -0.05) is 41.4 Å². The zero-order valence-corrected chi connectivity index (χ0v) is 12.6. The minimum absolute atomic E-state index is 0.0994. The molecule has 0 saturated heterocycles. The second-order valence-electron chi connectivity index (χ2n) is 4.97. The number of nitrogens with two attached hydrogens (primary N) is 1. The third-order valence-electron chi connectivity index (χ3n) is 3.14. The average Bonchev–Trinajstić information content (AvgIpc) is 2.31. The molecule has 0 saturated carbocycles. The molecule has 0 amide bonds. The van der Waals surface area contributed by atoms with Crippen molar-refractivity contribution in [2.24, 2.45) is 5.73 Å². The van der Waals surface area contributed by atoms with Gasteiger partial charge in [0.2, 0.25) is 0 Å². The number of hydrogen-bond acceptors (Lipinski definition) is 1. The van der Waals surface area contributed by atoms with E-state index in [1.807, 2.05) is 38.1 Å². The first-order chi connectivity index (χ1) is 8.95.